The van der Waals surface area contributed by atoms with Crippen LogP contribution in [-0.4, -0.2) is 30.6 Å². The van der Waals surface area contributed by atoms with Gasteiger partial charge in [0.25, 0.3) is 0 Å². The van der Waals surface area contributed by atoms with Crippen molar-refractivity contribution in [2.75, 3.05) is 23.9 Å². The summed E-state index contributed by atoms with van der Waals surface area (Å²) in [6.07, 6.45) is 1.18. The molecule has 1 aromatic carbocycles. The van der Waals surface area contributed by atoms with Crippen molar-refractivity contribution in [3.63, 3.8) is 0 Å². The summed E-state index contributed by atoms with van der Waals surface area (Å²) in [5.41, 5.74) is 3.19. The van der Waals surface area contributed by atoms with E-state index in [0.29, 0.717) is 17.0 Å². The highest BCUT2D eigenvalue weighted by Crippen LogP contribution is 2.35. The molecule has 1 N–H and O–H groups in total. The average Bonchev–Trinajstić information content (AvgIpc) is 2.39. The van der Waals surface area contributed by atoms with E-state index in [1.54, 1.807) is 0 Å². The van der Waals surface area contributed by atoms with Crippen molar-refractivity contribution in [3.8, 4) is 0 Å². The Balaban J connectivity index is 2.08. The van der Waals surface area contributed by atoms with Crippen molar-refractivity contribution in [3.05, 3.63) is 29.3 Å². The van der Waals surface area contributed by atoms with Gasteiger partial charge in [-0.25, -0.2) is 4.79 Å². The van der Waals surface area contributed by atoms with Gasteiger partial charge in [0, 0.05) is 17.5 Å². The number of nitrogens with one attached hydrogen (secondary N) is 1. The molecule has 4 heteroatoms. The van der Waals surface area contributed by atoms with Gasteiger partial charge in [-0.1, -0.05) is 13.8 Å². The molecule has 0 bridgehead atoms. The van der Waals surface area contributed by atoms with Crippen LogP contribution in [0.4, 0.5) is 5.69 Å². The monoisotopic (exact) mass is 293 g/mol. The Morgan fingerprint density at radius 1 is 1.45 bits per heavy atom. The fourth-order valence-electron chi connectivity index (χ4n) is 2.65. The van der Waals surface area contributed by atoms with Crippen LogP contribution in [0.25, 0.3) is 0 Å². The Kier molecular flexibility index (Phi) is 4.63. The van der Waals surface area contributed by atoms with Crippen LogP contribution >= 0.6 is 11.8 Å². The van der Waals surface area contributed by atoms with Crippen LogP contribution in [0.5, 0.6) is 0 Å². The maximum atomic E-state index is 11.5. The molecule has 0 aromatic heterocycles. The number of rotatable bonds is 3. The molecule has 1 atom stereocenters. The van der Waals surface area contributed by atoms with E-state index < -0.39 is 0 Å². The van der Waals surface area contributed by atoms with Crippen LogP contribution in [-0.2, 0) is 4.74 Å². The van der Waals surface area contributed by atoms with E-state index in [2.05, 4.69) is 19.2 Å². The first-order chi connectivity index (χ1) is 9.41. The number of methoxy groups -OCH3 is 1. The summed E-state index contributed by atoms with van der Waals surface area (Å²) in [7, 11) is 1.41. The van der Waals surface area contributed by atoms with Crippen molar-refractivity contribution in [2.45, 2.75) is 33.2 Å². The third-order valence-electron chi connectivity index (χ3n) is 3.62. The van der Waals surface area contributed by atoms with Crippen LogP contribution in [0.1, 0.15) is 36.2 Å². The van der Waals surface area contributed by atoms with Gasteiger partial charge < -0.3 is 10.1 Å². The van der Waals surface area contributed by atoms with Crippen molar-refractivity contribution >= 4 is 23.4 Å². The Bertz CT molecular complexity index is 499. The van der Waals surface area contributed by atoms with E-state index in [4.69, 9.17) is 4.74 Å². The lowest BCUT2D eigenvalue weighted by Gasteiger charge is -2.35. The van der Waals surface area contributed by atoms with E-state index in [1.165, 1.54) is 19.3 Å². The van der Waals surface area contributed by atoms with Crippen LogP contribution in [0, 0.1) is 12.3 Å². The zero-order chi connectivity index (χ0) is 14.8. The lowest BCUT2D eigenvalue weighted by Crippen LogP contribution is -2.35. The van der Waals surface area contributed by atoms with Crippen molar-refractivity contribution < 1.29 is 9.53 Å². The normalized spacial score (nSPS) is 21.3. The summed E-state index contributed by atoms with van der Waals surface area (Å²) in [6.45, 7) is 6.66. The maximum Gasteiger partial charge on any atom is 0.337 e. The molecule has 1 aliphatic heterocycles. The van der Waals surface area contributed by atoms with Crippen molar-refractivity contribution in [1.82, 2.24) is 0 Å². The summed E-state index contributed by atoms with van der Waals surface area (Å²) < 4.78 is 4.75. The third kappa shape index (κ3) is 3.69. The molecule has 2 rings (SSSR count). The molecule has 0 aliphatic carbocycles. The minimum atomic E-state index is -0.283. The molecule has 3 nitrogen and oxygen atoms in total. The fraction of sp³-hybridized carbons (Fsp3) is 0.562. The van der Waals surface area contributed by atoms with Gasteiger partial charge in [0.05, 0.1) is 12.7 Å². The summed E-state index contributed by atoms with van der Waals surface area (Å²) in [5.74, 6) is 2.08. The van der Waals surface area contributed by atoms with E-state index in [9.17, 15) is 4.79 Å². The Morgan fingerprint density at radius 3 is 2.80 bits per heavy atom. The van der Waals surface area contributed by atoms with Crippen LogP contribution < -0.4 is 5.32 Å². The number of ether oxygens (including phenoxy) is 1. The van der Waals surface area contributed by atoms with Crippen LogP contribution in [0.2, 0.25) is 0 Å². The number of carbonyl (C=O) groups excluding carboxylic acids is 1. The van der Waals surface area contributed by atoms with Gasteiger partial charge >= 0.3 is 5.97 Å². The van der Waals surface area contributed by atoms with E-state index in [1.807, 2.05) is 36.9 Å². The fourth-order valence-corrected chi connectivity index (χ4v) is 3.92. The zero-order valence-electron chi connectivity index (χ0n) is 12.7. The van der Waals surface area contributed by atoms with Gasteiger partial charge in [-0.05, 0) is 48.3 Å². The number of thioether (sulfide) groups is 1. The minimum absolute atomic E-state index is 0.283. The zero-order valence-corrected chi connectivity index (χ0v) is 13.5. The smallest absolute Gasteiger partial charge is 0.337 e. The largest absolute Gasteiger partial charge is 0.465 e. The van der Waals surface area contributed by atoms with Gasteiger partial charge in [0.2, 0.25) is 0 Å². The predicted molar refractivity (Wildman–Crippen MR) is 85.7 cm³/mol. The molecule has 20 heavy (non-hydrogen) atoms. The lowest BCUT2D eigenvalue weighted by molar-refractivity contribution is 0.0600. The molecule has 110 valence electrons. The number of esters is 1. The molecule has 1 aliphatic rings. The maximum absolute atomic E-state index is 11.5. The quantitative estimate of drug-likeness (QED) is 0.862. The summed E-state index contributed by atoms with van der Waals surface area (Å²) in [6, 6.07) is 6.18. The Morgan fingerprint density at radius 2 is 2.20 bits per heavy atom. The summed E-state index contributed by atoms with van der Waals surface area (Å²) in [5, 5.41) is 3.62. The van der Waals surface area contributed by atoms with Gasteiger partial charge in [-0.15, -0.1) is 0 Å². The van der Waals surface area contributed by atoms with E-state index in [0.717, 1.165) is 17.0 Å². The lowest BCUT2D eigenvalue weighted by atomic mass is 9.87. The van der Waals surface area contributed by atoms with Gasteiger partial charge in [-0.2, -0.15) is 11.8 Å². The molecule has 0 amide bonds. The summed E-state index contributed by atoms with van der Waals surface area (Å²) >= 11 is 2.01. The molecule has 1 fully saturated rings. The molecule has 1 saturated heterocycles. The van der Waals surface area contributed by atoms with Gasteiger partial charge in [-0.3, -0.25) is 0 Å². The molecule has 0 spiro atoms. The molecule has 0 radical (unpaired) electrons. The minimum Gasteiger partial charge on any atom is -0.465 e. The van der Waals surface area contributed by atoms with Crippen LogP contribution in [0.3, 0.4) is 0 Å². The highest BCUT2D eigenvalue weighted by Gasteiger charge is 2.28. The SMILES string of the molecule is COC(=O)c1ccc(NC2CSCC(C)(C)C2)c(C)c1. The second-order valence-electron chi connectivity index (χ2n) is 6.25. The number of anilines is 1. The standard InChI is InChI=1S/C16H23NO2S/c1-11-7-12(15(18)19-4)5-6-14(11)17-13-8-16(2,3)10-20-9-13/h5-7,13,17H,8-10H2,1-4H3. The molecule has 1 unspecified atom stereocenters. The topological polar surface area (TPSA) is 38.3 Å². The molecular formula is C16H23NO2S. The molecular weight excluding hydrogens is 270 g/mol. The molecule has 1 aromatic rings. The number of aryl methyl sites for hydroxylation is 1. The Labute approximate surface area is 125 Å². The third-order valence-corrected chi connectivity index (χ3v) is 5.24. The average molecular weight is 293 g/mol. The highest BCUT2D eigenvalue weighted by molar-refractivity contribution is 7.99. The number of hydrogen-bond acceptors (Lipinski definition) is 4. The first-order valence-electron chi connectivity index (χ1n) is 6.94. The van der Waals surface area contributed by atoms with Gasteiger partial charge in [0.15, 0.2) is 0 Å². The first-order valence-corrected chi connectivity index (χ1v) is 8.10. The number of carbonyl (C=O) groups is 1. The number of hydrogen-bond donors (Lipinski definition) is 1. The molecule has 0 saturated carbocycles. The second kappa shape index (κ2) is 6.08. The van der Waals surface area contributed by atoms with Crippen molar-refractivity contribution in [2.24, 2.45) is 5.41 Å². The first kappa shape index (κ1) is 15.2. The second-order valence-corrected chi connectivity index (χ2v) is 7.28. The molecule has 1 heterocycles. The Hall–Kier alpha value is -1.16. The van der Waals surface area contributed by atoms with E-state index in [-0.39, 0.29) is 5.97 Å². The van der Waals surface area contributed by atoms with Gasteiger partial charge in [0.1, 0.15) is 0 Å². The number of benzene rings is 1. The predicted octanol–water partition coefficient (Wildman–Crippen LogP) is 3.73. The summed E-state index contributed by atoms with van der Waals surface area (Å²) in [4.78, 5) is 11.5. The van der Waals surface area contributed by atoms with Crippen molar-refractivity contribution in [1.29, 1.82) is 0 Å². The van der Waals surface area contributed by atoms with Crippen LogP contribution in [0.15, 0.2) is 18.2 Å². The highest BCUT2D eigenvalue weighted by atomic mass is 32.2. The van der Waals surface area contributed by atoms with E-state index >= 15 is 0 Å².